The van der Waals surface area contributed by atoms with Crippen molar-refractivity contribution in [2.24, 2.45) is 0 Å². The Morgan fingerprint density at radius 2 is 1.74 bits per heavy atom. The van der Waals surface area contributed by atoms with Gasteiger partial charge < -0.3 is 19.1 Å². The summed E-state index contributed by atoms with van der Waals surface area (Å²) in [6.07, 6.45) is 1.52. The van der Waals surface area contributed by atoms with E-state index in [1.807, 2.05) is 0 Å². The lowest BCUT2D eigenvalue weighted by atomic mass is 10.1. The van der Waals surface area contributed by atoms with Gasteiger partial charge >= 0.3 is 5.97 Å². The molecule has 3 aromatic carbocycles. The molecule has 0 radical (unpaired) electrons. The normalized spacial score (nSPS) is 14.3. The van der Waals surface area contributed by atoms with Crippen molar-refractivity contribution in [1.29, 1.82) is 0 Å². The number of thiocarbonyl (C=S) groups is 1. The molecule has 0 spiro atoms. The van der Waals surface area contributed by atoms with Crippen molar-refractivity contribution >= 4 is 64.2 Å². The molecule has 1 saturated heterocycles. The fourth-order valence-electron chi connectivity index (χ4n) is 3.73. The third-order valence-electron chi connectivity index (χ3n) is 5.58. The summed E-state index contributed by atoms with van der Waals surface area (Å²) in [5.74, 6) is -0.607. The quantitative estimate of drug-likeness (QED) is 0.189. The average molecular weight is 575 g/mol. The molecule has 1 aliphatic rings. The van der Waals surface area contributed by atoms with Crippen molar-refractivity contribution in [3.8, 4) is 11.5 Å². The van der Waals surface area contributed by atoms with Crippen LogP contribution in [0.4, 0.5) is 10.1 Å². The Bertz CT molecular complexity index is 1410. The second kappa shape index (κ2) is 11.8. The van der Waals surface area contributed by atoms with Crippen molar-refractivity contribution in [2.75, 3.05) is 25.7 Å². The number of ether oxygens (including phenoxy) is 3. The predicted molar refractivity (Wildman–Crippen MR) is 147 cm³/mol. The number of nitrogens with zero attached hydrogens (tertiary/aromatic N) is 2. The van der Waals surface area contributed by atoms with Gasteiger partial charge in [0, 0.05) is 0 Å². The van der Waals surface area contributed by atoms with Crippen LogP contribution in [-0.2, 0) is 20.9 Å². The maximum Gasteiger partial charge on any atom is 0.325 e. The summed E-state index contributed by atoms with van der Waals surface area (Å²) in [6.45, 7) is -0.232. The molecule has 0 unspecified atom stereocenters. The molecule has 1 aliphatic heterocycles. The Balaban J connectivity index is 1.65. The SMILES string of the molecule is COC(=O)CN1C(=S)N(c2ccc(OC)cc2)C(=O)/C1=C/c1cc(Cl)c(OCc2cccc(F)c2)c(Cl)c1. The van der Waals surface area contributed by atoms with Crippen LogP contribution < -0.4 is 14.4 Å². The molecule has 0 bridgehead atoms. The highest BCUT2D eigenvalue weighted by molar-refractivity contribution is 7.80. The van der Waals surface area contributed by atoms with E-state index in [0.29, 0.717) is 22.6 Å². The van der Waals surface area contributed by atoms with Crippen LogP contribution in [0.15, 0.2) is 66.4 Å². The first-order valence-corrected chi connectivity index (χ1v) is 12.3. The molecule has 7 nitrogen and oxygen atoms in total. The first-order valence-electron chi connectivity index (χ1n) is 11.2. The number of hydrogen-bond acceptors (Lipinski definition) is 6. The van der Waals surface area contributed by atoms with Crippen LogP contribution in [0.5, 0.6) is 11.5 Å². The summed E-state index contributed by atoms with van der Waals surface area (Å²) in [4.78, 5) is 28.3. The molecule has 1 amide bonds. The van der Waals surface area contributed by atoms with Crippen LogP contribution >= 0.6 is 35.4 Å². The number of rotatable bonds is 8. The highest BCUT2D eigenvalue weighted by Crippen LogP contribution is 2.37. The smallest absolute Gasteiger partial charge is 0.325 e. The molecule has 11 heteroatoms. The number of carbonyl (C=O) groups is 2. The molecule has 3 aromatic rings. The fraction of sp³-hybridized carbons (Fsp3) is 0.148. The van der Waals surface area contributed by atoms with E-state index < -0.39 is 11.9 Å². The zero-order valence-corrected chi connectivity index (χ0v) is 22.6. The van der Waals surface area contributed by atoms with E-state index in [1.54, 1.807) is 48.5 Å². The first kappa shape index (κ1) is 27.4. The van der Waals surface area contributed by atoms with Gasteiger partial charge in [0.25, 0.3) is 5.91 Å². The summed E-state index contributed by atoms with van der Waals surface area (Å²) in [7, 11) is 2.78. The zero-order chi connectivity index (χ0) is 27.4. The zero-order valence-electron chi connectivity index (χ0n) is 20.2. The van der Waals surface area contributed by atoms with Crippen molar-refractivity contribution in [3.05, 3.63) is 93.4 Å². The maximum atomic E-state index is 13.5. The van der Waals surface area contributed by atoms with Crippen LogP contribution in [0, 0.1) is 5.82 Å². The highest BCUT2D eigenvalue weighted by Gasteiger charge is 2.40. The predicted octanol–water partition coefficient (Wildman–Crippen LogP) is 5.87. The van der Waals surface area contributed by atoms with Gasteiger partial charge in [-0.25, -0.2) is 4.39 Å². The largest absolute Gasteiger partial charge is 0.497 e. The lowest BCUT2D eigenvalue weighted by Gasteiger charge is -2.19. The van der Waals surface area contributed by atoms with Gasteiger partial charge in [-0.15, -0.1) is 0 Å². The molecule has 1 fully saturated rings. The van der Waals surface area contributed by atoms with E-state index in [4.69, 9.17) is 49.6 Å². The van der Waals surface area contributed by atoms with Crippen molar-refractivity contribution in [2.45, 2.75) is 6.61 Å². The Labute approximate surface area is 233 Å². The standard InChI is InChI=1S/C27H21Cl2FN2O5S/c1-35-20-8-6-19(7-9-20)32-26(34)23(31(27(32)38)14-24(33)36-2)13-17-11-21(28)25(22(29)12-17)37-15-16-4-3-5-18(30)10-16/h3-13H,14-15H2,1-2H3/b23-13-. The minimum absolute atomic E-state index is 0.0497. The Kier molecular flexibility index (Phi) is 8.51. The van der Waals surface area contributed by atoms with E-state index in [0.717, 1.165) is 0 Å². The van der Waals surface area contributed by atoms with Gasteiger partial charge in [0.1, 0.15) is 30.4 Å². The average Bonchev–Trinajstić information content (AvgIpc) is 3.12. The van der Waals surface area contributed by atoms with E-state index >= 15 is 0 Å². The van der Waals surface area contributed by atoms with Crippen molar-refractivity contribution in [3.63, 3.8) is 0 Å². The number of methoxy groups -OCH3 is 2. The molecule has 0 saturated carbocycles. The maximum absolute atomic E-state index is 13.5. The molecular weight excluding hydrogens is 554 g/mol. The van der Waals surface area contributed by atoms with Crippen LogP contribution in [0.1, 0.15) is 11.1 Å². The van der Waals surface area contributed by atoms with Crippen LogP contribution in [-0.4, -0.2) is 42.7 Å². The molecule has 1 heterocycles. The number of carbonyl (C=O) groups excluding carboxylic acids is 2. The van der Waals surface area contributed by atoms with Gasteiger partial charge in [-0.3, -0.25) is 14.5 Å². The van der Waals surface area contributed by atoms with Gasteiger partial charge in [0.15, 0.2) is 10.9 Å². The number of amides is 1. The molecule has 4 rings (SSSR count). The van der Waals surface area contributed by atoms with Crippen molar-refractivity contribution in [1.82, 2.24) is 4.90 Å². The number of anilines is 1. The first-order chi connectivity index (χ1) is 18.2. The van der Waals surface area contributed by atoms with Gasteiger partial charge in [0.2, 0.25) is 0 Å². The van der Waals surface area contributed by atoms with Gasteiger partial charge in [0.05, 0.1) is 30.0 Å². The lowest BCUT2D eigenvalue weighted by molar-refractivity contribution is -0.140. The fourth-order valence-corrected chi connectivity index (χ4v) is 4.69. The molecule has 0 atom stereocenters. The summed E-state index contributed by atoms with van der Waals surface area (Å²) < 4.78 is 29.2. The Morgan fingerprint density at radius 3 is 2.34 bits per heavy atom. The number of halogens is 3. The molecule has 196 valence electrons. The third-order valence-corrected chi connectivity index (χ3v) is 6.54. The molecule has 38 heavy (non-hydrogen) atoms. The lowest BCUT2D eigenvalue weighted by Crippen LogP contribution is -2.35. The van der Waals surface area contributed by atoms with E-state index in [2.05, 4.69) is 0 Å². The molecule has 0 aliphatic carbocycles. The third kappa shape index (κ3) is 5.91. The summed E-state index contributed by atoms with van der Waals surface area (Å²) in [6, 6.07) is 15.8. The van der Waals surface area contributed by atoms with E-state index in [9.17, 15) is 14.0 Å². The number of hydrogen-bond donors (Lipinski definition) is 0. The minimum atomic E-state index is -0.584. The molecular formula is C27H21Cl2FN2O5S. The van der Waals surface area contributed by atoms with Crippen molar-refractivity contribution < 1.29 is 28.2 Å². The number of benzene rings is 3. The summed E-state index contributed by atoms with van der Waals surface area (Å²) in [5.41, 5.74) is 1.69. The van der Waals surface area contributed by atoms with Gasteiger partial charge in [-0.2, -0.15) is 0 Å². The summed E-state index contributed by atoms with van der Waals surface area (Å²) >= 11 is 18.4. The van der Waals surface area contributed by atoms with Crippen LogP contribution in [0.3, 0.4) is 0 Å². The second-order valence-electron chi connectivity index (χ2n) is 8.05. The van der Waals surface area contributed by atoms with E-state index in [1.165, 1.54) is 42.2 Å². The summed E-state index contributed by atoms with van der Waals surface area (Å²) in [5, 5.41) is 0.463. The monoisotopic (exact) mass is 574 g/mol. The Hall–Kier alpha value is -3.66. The topological polar surface area (TPSA) is 68.3 Å². The number of esters is 1. The minimum Gasteiger partial charge on any atom is -0.497 e. The van der Waals surface area contributed by atoms with Crippen LogP contribution in [0.2, 0.25) is 10.0 Å². The van der Waals surface area contributed by atoms with Crippen LogP contribution in [0.25, 0.3) is 6.08 Å². The van der Waals surface area contributed by atoms with E-state index in [-0.39, 0.29) is 45.6 Å². The van der Waals surface area contributed by atoms with Gasteiger partial charge in [-0.05, 0) is 78.0 Å². The molecule has 0 N–H and O–H groups in total. The second-order valence-corrected chi connectivity index (χ2v) is 9.22. The highest BCUT2D eigenvalue weighted by atomic mass is 35.5. The van der Waals surface area contributed by atoms with Gasteiger partial charge in [-0.1, -0.05) is 35.3 Å². The Morgan fingerprint density at radius 1 is 1.05 bits per heavy atom. The molecule has 0 aromatic heterocycles.